The second kappa shape index (κ2) is 6.68. The summed E-state index contributed by atoms with van der Waals surface area (Å²) < 4.78 is 11.2. The number of carbonyl (C=O) groups is 1. The number of carbonyl (C=O) groups excluding carboxylic acids is 1. The van der Waals surface area contributed by atoms with E-state index >= 15 is 0 Å². The molecule has 3 heterocycles. The van der Waals surface area contributed by atoms with E-state index < -0.39 is 0 Å². The van der Waals surface area contributed by atoms with Crippen LogP contribution < -0.4 is 9.64 Å². The zero-order valence-electron chi connectivity index (χ0n) is 13.3. The molecule has 1 aliphatic rings. The maximum atomic E-state index is 12.4. The van der Waals surface area contributed by atoms with Crippen LogP contribution in [-0.2, 0) is 0 Å². The normalized spacial score (nSPS) is 17.8. The number of aromatic nitrogens is 2. The van der Waals surface area contributed by atoms with E-state index in [0.717, 1.165) is 12.8 Å². The Bertz CT molecular complexity index is 657. The van der Waals surface area contributed by atoms with Crippen molar-refractivity contribution in [3.05, 3.63) is 36.5 Å². The molecule has 0 aromatic carbocycles. The van der Waals surface area contributed by atoms with Crippen molar-refractivity contribution in [2.75, 3.05) is 32.1 Å². The molecule has 23 heavy (non-hydrogen) atoms. The Balaban J connectivity index is 1.69. The molecule has 1 aliphatic heterocycles. The van der Waals surface area contributed by atoms with Gasteiger partial charge in [-0.15, -0.1) is 0 Å². The fraction of sp³-hybridized carbons (Fsp3) is 0.438. The van der Waals surface area contributed by atoms with Crippen molar-refractivity contribution in [3.8, 4) is 5.88 Å². The van der Waals surface area contributed by atoms with Gasteiger partial charge in [0.05, 0.1) is 12.8 Å². The van der Waals surface area contributed by atoms with E-state index in [-0.39, 0.29) is 12.0 Å². The Hall–Kier alpha value is -2.57. The molecule has 0 spiro atoms. The molecule has 2 aromatic rings. The number of rotatable bonds is 4. The predicted molar refractivity (Wildman–Crippen MR) is 84.6 cm³/mol. The first-order chi connectivity index (χ1) is 11.1. The molecule has 3 rings (SSSR count). The molecule has 1 unspecified atom stereocenters. The van der Waals surface area contributed by atoms with Gasteiger partial charge in [-0.25, -0.2) is 9.97 Å². The lowest BCUT2D eigenvalue weighted by Gasteiger charge is -2.32. The first-order valence-electron chi connectivity index (χ1n) is 7.63. The zero-order chi connectivity index (χ0) is 16.2. The third-order valence-electron chi connectivity index (χ3n) is 3.75. The van der Waals surface area contributed by atoms with Gasteiger partial charge in [0.25, 0.3) is 11.8 Å². The lowest BCUT2D eigenvalue weighted by Crippen LogP contribution is -2.44. The van der Waals surface area contributed by atoms with Crippen LogP contribution in [0.25, 0.3) is 0 Å². The average molecular weight is 316 g/mol. The van der Waals surface area contributed by atoms with Gasteiger partial charge in [0.2, 0.25) is 0 Å². The number of anilines is 1. The molecule has 0 aliphatic carbocycles. The Kier molecular flexibility index (Phi) is 4.45. The number of furan rings is 1. The summed E-state index contributed by atoms with van der Waals surface area (Å²) in [5.41, 5.74) is 0. The number of ether oxygens (including phenoxy) is 1. The largest absolute Gasteiger partial charge is 0.470 e. The van der Waals surface area contributed by atoms with Crippen molar-refractivity contribution in [2.45, 2.75) is 18.9 Å². The quantitative estimate of drug-likeness (QED) is 0.857. The first-order valence-corrected chi connectivity index (χ1v) is 7.63. The van der Waals surface area contributed by atoms with Gasteiger partial charge < -0.3 is 19.0 Å². The fourth-order valence-electron chi connectivity index (χ4n) is 2.64. The lowest BCUT2D eigenvalue weighted by atomic mass is 10.1. The molecule has 122 valence electrons. The summed E-state index contributed by atoms with van der Waals surface area (Å²) in [5, 5.41) is 0. The van der Waals surface area contributed by atoms with Crippen molar-refractivity contribution in [3.63, 3.8) is 0 Å². The van der Waals surface area contributed by atoms with Crippen LogP contribution in [0.5, 0.6) is 5.88 Å². The number of amides is 1. The molecular weight excluding hydrogens is 296 g/mol. The molecule has 1 atom stereocenters. The maximum absolute atomic E-state index is 12.4. The van der Waals surface area contributed by atoms with Crippen molar-refractivity contribution < 1.29 is 13.9 Å². The smallest absolute Gasteiger partial charge is 0.289 e. The van der Waals surface area contributed by atoms with E-state index in [2.05, 4.69) is 9.97 Å². The Morgan fingerprint density at radius 2 is 2.22 bits per heavy atom. The predicted octanol–water partition coefficient (Wildman–Crippen LogP) is 1.82. The first kappa shape index (κ1) is 15.3. The molecule has 0 saturated carbocycles. The van der Waals surface area contributed by atoms with Gasteiger partial charge in [-0.05, 0) is 25.0 Å². The summed E-state index contributed by atoms with van der Waals surface area (Å²) in [5.74, 6) is 1.44. The summed E-state index contributed by atoms with van der Waals surface area (Å²) in [7, 11) is 3.79. The van der Waals surface area contributed by atoms with Crippen molar-refractivity contribution >= 4 is 11.7 Å². The molecule has 1 saturated heterocycles. The fourth-order valence-corrected chi connectivity index (χ4v) is 2.64. The minimum Gasteiger partial charge on any atom is -0.470 e. The SMILES string of the molecule is CN(C)c1nccnc1OC1CCCN(C(=O)c2ccco2)C1. The Morgan fingerprint density at radius 1 is 1.39 bits per heavy atom. The van der Waals surface area contributed by atoms with E-state index in [1.807, 2.05) is 19.0 Å². The number of hydrogen-bond acceptors (Lipinski definition) is 6. The molecule has 2 aromatic heterocycles. The highest BCUT2D eigenvalue weighted by Gasteiger charge is 2.28. The van der Waals surface area contributed by atoms with E-state index in [1.165, 1.54) is 6.26 Å². The van der Waals surface area contributed by atoms with Crippen LogP contribution in [0, 0.1) is 0 Å². The second-order valence-corrected chi connectivity index (χ2v) is 5.69. The topological polar surface area (TPSA) is 71.7 Å². The zero-order valence-corrected chi connectivity index (χ0v) is 13.3. The van der Waals surface area contributed by atoms with E-state index in [0.29, 0.717) is 30.5 Å². The molecule has 0 radical (unpaired) electrons. The van der Waals surface area contributed by atoms with Crippen molar-refractivity contribution in [1.29, 1.82) is 0 Å². The Labute approximate surface area is 134 Å². The maximum Gasteiger partial charge on any atom is 0.289 e. The standard InChI is InChI=1S/C16H20N4O3/c1-19(2)14-15(18-8-7-17-14)23-12-5-3-9-20(11-12)16(21)13-6-4-10-22-13/h4,6-8,10,12H,3,5,9,11H2,1-2H3. The number of piperidine rings is 1. The second-order valence-electron chi connectivity index (χ2n) is 5.69. The highest BCUT2D eigenvalue weighted by Crippen LogP contribution is 2.24. The van der Waals surface area contributed by atoms with E-state index in [9.17, 15) is 4.79 Å². The van der Waals surface area contributed by atoms with Gasteiger partial charge in [0.15, 0.2) is 11.6 Å². The highest BCUT2D eigenvalue weighted by molar-refractivity contribution is 5.91. The van der Waals surface area contributed by atoms with Crippen molar-refractivity contribution in [1.82, 2.24) is 14.9 Å². The minimum atomic E-state index is -0.102. The molecule has 1 amide bonds. The van der Waals surface area contributed by atoms with Gasteiger partial charge in [-0.3, -0.25) is 4.79 Å². The summed E-state index contributed by atoms with van der Waals surface area (Å²) in [6.07, 6.45) is 6.42. The van der Waals surface area contributed by atoms with Crippen molar-refractivity contribution in [2.24, 2.45) is 0 Å². The van der Waals surface area contributed by atoms with Gasteiger partial charge in [0, 0.05) is 33.0 Å². The van der Waals surface area contributed by atoms with Crippen LogP contribution in [0.1, 0.15) is 23.4 Å². The summed E-state index contributed by atoms with van der Waals surface area (Å²) >= 11 is 0. The van der Waals surface area contributed by atoms with Crippen LogP contribution in [0.15, 0.2) is 35.2 Å². The monoisotopic (exact) mass is 316 g/mol. The molecule has 7 nitrogen and oxygen atoms in total. The molecule has 0 N–H and O–H groups in total. The summed E-state index contributed by atoms with van der Waals surface area (Å²) in [4.78, 5) is 24.5. The van der Waals surface area contributed by atoms with Crippen LogP contribution in [0.3, 0.4) is 0 Å². The van der Waals surface area contributed by atoms with Crippen LogP contribution in [0.4, 0.5) is 5.82 Å². The van der Waals surface area contributed by atoms with Gasteiger partial charge >= 0.3 is 0 Å². The third kappa shape index (κ3) is 3.44. The molecule has 0 bridgehead atoms. The third-order valence-corrected chi connectivity index (χ3v) is 3.75. The van der Waals surface area contributed by atoms with Gasteiger partial charge in [-0.2, -0.15) is 0 Å². The Morgan fingerprint density at radius 3 is 2.96 bits per heavy atom. The highest BCUT2D eigenvalue weighted by atomic mass is 16.5. The number of likely N-dealkylation sites (tertiary alicyclic amines) is 1. The molecule has 1 fully saturated rings. The van der Waals surface area contributed by atoms with Crippen LogP contribution in [-0.4, -0.2) is 54.1 Å². The van der Waals surface area contributed by atoms with Gasteiger partial charge in [0.1, 0.15) is 6.10 Å². The molecule has 7 heteroatoms. The summed E-state index contributed by atoms with van der Waals surface area (Å²) in [6.45, 7) is 1.23. The van der Waals surface area contributed by atoms with E-state index in [1.54, 1.807) is 29.4 Å². The van der Waals surface area contributed by atoms with Crippen LogP contribution in [0.2, 0.25) is 0 Å². The average Bonchev–Trinajstić information content (AvgIpc) is 3.09. The number of nitrogens with zero attached hydrogens (tertiary/aromatic N) is 4. The van der Waals surface area contributed by atoms with Crippen LogP contribution >= 0.6 is 0 Å². The lowest BCUT2D eigenvalue weighted by molar-refractivity contribution is 0.0501. The summed E-state index contributed by atoms with van der Waals surface area (Å²) in [6, 6.07) is 3.40. The minimum absolute atomic E-state index is 0.0990. The number of hydrogen-bond donors (Lipinski definition) is 0. The van der Waals surface area contributed by atoms with E-state index in [4.69, 9.17) is 9.15 Å². The molecular formula is C16H20N4O3. The van der Waals surface area contributed by atoms with Gasteiger partial charge in [-0.1, -0.05) is 0 Å².